The molecule has 0 aliphatic carbocycles. The van der Waals surface area contributed by atoms with E-state index in [4.69, 9.17) is 5.11 Å². The molecule has 0 aliphatic heterocycles. The number of rotatable bonds is 2. The van der Waals surface area contributed by atoms with E-state index >= 15 is 0 Å². The maximum atomic E-state index is 10.2. The molecule has 0 saturated heterocycles. The molecule has 2 nitrogen and oxygen atoms in total. The molecule has 0 amide bonds. The molecule has 1 radical (unpaired) electrons. The quantitative estimate of drug-likeness (QED) is 0.796. The molecule has 3 heteroatoms. The van der Waals surface area contributed by atoms with Gasteiger partial charge >= 0.3 is 5.97 Å². The zero-order valence-electron chi connectivity index (χ0n) is 5.75. The minimum atomic E-state index is -0.786. The zero-order valence-corrected chi connectivity index (χ0v) is 7.23. The third-order valence-corrected chi connectivity index (χ3v) is 1.20. The molecule has 0 unspecified atom stereocenters. The second-order valence-corrected chi connectivity index (χ2v) is 2.06. The topological polar surface area (TPSA) is 37.3 Å². The average Bonchev–Trinajstić information content (AvgIpc) is 1.88. The summed E-state index contributed by atoms with van der Waals surface area (Å²) in [5.41, 5.74) is 0.843. The summed E-state index contributed by atoms with van der Waals surface area (Å²) in [5, 5.41) is 8.37. The van der Waals surface area contributed by atoms with E-state index in [-0.39, 0.29) is 28.8 Å². The van der Waals surface area contributed by atoms with Gasteiger partial charge < -0.3 is 5.11 Å². The number of hydrogen-bond acceptors (Lipinski definition) is 1. The van der Waals surface area contributed by atoms with E-state index in [1.54, 1.807) is 12.1 Å². The number of carboxylic acids is 1. The summed E-state index contributed by atoms with van der Waals surface area (Å²) in [5.74, 6) is -0.786. The van der Waals surface area contributed by atoms with E-state index in [1.165, 1.54) is 0 Å². The molecule has 0 fully saturated rings. The van der Waals surface area contributed by atoms with Crippen LogP contribution in [0.2, 0.25) is 0 Å². The van der Waals surface area contributed by atoms with Gasteiger partial charge in [-0.3, -0.25) is 4.79 Å². The molecule has 1 rings (SSSR count). The minimum Gasteiger partial charge on any atom is -0.481 e. The number of carboxylic acid groups (broad SMARTS) is 1. The molecule has 0 spiro atoms. The number of benzene rings is 1. The number of hydrogen-bond donors (Lipinski definition) is 1. The minimum absolute atomic E-state index is 0. The molecule has 1 N–H and O–H groups in total. The molecule has 63 valence electrons. The first-order valence-corrected chi connectivity index (χ1v) is 3.05. The largest absolute Gasteiger partial charge is 0.481 e. The Kier molecular flexibility index (Phi) is 4.86. The van der Waals surface area contributed by atoms with Gasteiger partial charge in [0.2, 0.25) is 0 Å². The van der Waals surface area contributed by atoms with Crippen molar-refractivity contribution >= 4 is 5.97 Å². The van der Waals surface area contributed by atoms with Crippen molar-refractivity contribution in [1.29, 1.82) is 0 Å². The van der Waals surface area contributed by atoms with E-state index in [1.807, 2.05) is 18.2 Å². The van der Waals surface area contributed by atoms with E-state index in [0.717, 1.165) is 5.56 Å². The summed E-state index contributed by atoms with van der Waals surface area (Å²) in [6.07, 6.45) is 0.112. The summed E-state index contributed by atoms with van der Waals surface area (Å²) in [6.45, 7) is 0. The third kappa shape index (κ3) is 3.98. The standard InChI is InChI=1S/C8H8O2.Ag/c9-8(10)6-7-4-2-1-3-5-7;/h1-5H,6H2,(H,9,10);. The van der Waals surface area contributed by atoms with Crippen LogP contribution in [-0.2, 0) is 33.6 Å². The fourth-order valence-corrected chi connectivity index (χ4v) is 0.770. The van der Waals surface area contributed by atoms with Gasteiger partial charge in [-0.2, -0.15) is 0 Å². The van der Waals surface area contributed by atoms with E-state index in [9.17, 15) is 4.79 Å². The van der Waals surface area contributed by atoms with Gasteiger partial charge in [-0.25, -0.2) is 0 Å². The smallest absolute Gasteiger partial charge is 0.307 e. The Labute approximate surface area is 80.8 Å². The summed E-state index contributed by atoms with van der Waals surface area (Å²) in [7, 11) is 0. The predicted octanol–water partition coefficient (Wildman–Crippen LogP) is 1.31. The van der Waals surface area contributed by atoms with Crippen LogP contribution in [0.1, 0.15) is 5.56 Å². The van der Waals surface area contributed by atoms with Crippen LogP contribution >= 0.6 is 0 Å². The Bertz CT molecular complexity index is 221. The van der Waals surface area contributed by atoms with Gasteiger partial charge in [0.15, 0.2) is 0 Å². The van der Waals surface area contributed by atoms with Crippen LogP contribution in [0.4, 0.5) is 0 Å². The average molecular weight is 244 g/mol. The molecule has 0 saturated carbocycles. The Morgan fingerprint density at radius 2 is 1.82 bits per heavy atom. The fourth-order valence-electron chi connectivity index (χ4n) is 0.770. The monoisotopic (exact) mass is 243 g/mol. The summed E-state index contributed by atoms with van der Waals surface area (Å²) >= 11 is 0. The number of carbonyl (C=O) groups is 1. The Morgan fingerprint density at radius 1 is 1.27 bits per heavy atom. The molecule has 1 aromatic carbocycles. The molecule has 0 heterocycles. The normalized spacial score (nSPS) is 8.36. The molecular formula is C8H8AgO2. The van der Waals surface area contributed by atoms with Crippen LogP contribution < -0.4 is 0 Å². The Hall–Kier alpha value is -0.570. The van der Waals surface area contributed by atoms with E-state index < -0.39 is 5.97 Å². The zero-order chi connectivity index (χ0) is 7.40. The van der Waals surface area contributed by atoms with Crippen molar-refractivity contribution < 1.29 is 32.3 Å². The maximum Gasteiger partial charge on any atom is 0.307 e. The number of aliphatic carboxylic acids is 1. The van der Waals surface area contributed by atoms with Crippen LogP contribution in [0.3, 0.4) is 0 Å². The van der Waals surface area contributed by atoms with E-state index in [0.29, 0.717) is 0 Å². The van der Waals surface area contributed by atoms with Crippen molar-refractivity contribution in [1.82, 2.24) is 0 Å². The van der Waals surface area contributed by atoms with Crippen molar-refractivity contribution in [2.75, 3.05) is 0 Å². The maximum absolute atomic E-state index is 10.2. The van der Waals surface area contributed by atoms with Gasteiger partial charge in [-0.1, -0.05) is 30.3 Å². The van der Waals surface area contributed by atoms with Crippen molar-refractivity contribution in [3.8, 4) is 0 Å². The molecule has 0 aromatic heterocycles. The molecular weight excluding hydrogens is 236 g/mol. The molecule has 1 aromatic rings. The first-order chi connectivity index (χ1) is 4.79. The van der Waals surface area contributed by atoms with Crippen molar-refractivity contribution in [3.05, 3.63) is 35.9 Å². The first kappa shape index (κ1) is 10.4. The SMILES string of the molecule is O=C(O)Cc1ccccc1.[Ag]. The van der Waals surface area contributed by atoms with Gasteiger partial charge in [0, 0.05) is 22.4 Å². The van der Waals surface area contributed by atoms with E-state index in [2.05, 4.69) is 0 Å². The summed E-state index contributed by atoms with van der Waals surface area (Å²) in [4.78, 5) is 10.2. The summed E-state index contributed by atoms with van der Waals surface area (Å²) < 4.78 is 0. The molecule has 0 atom stereocenters. The van der Waals surface area contributed by atoms with Crippen LogP contribution in [0.25, 0.3) is 0 Å². The van der Waals surface area contributed by atoms with Gasteiger partial charge in [0.05, 0.1) is 6.42 Å². The first-order valence-electron chi connectivity index (χ1n) is 3.05. The van der Waals surface area contributed by atoms with Crippen LogP contribution in [-0.4, -0.2) is 11.1 Å². The summed E-state index contributed by atoms with van der Waals surface area (Å²) in [6, 6.07) is 9.13. The predicted molar refractivity (Wildman–Crippen MR) is 37.8 cm³/mol. The van der Waals surface area contributed by atoms with Crippen molar-refractivity contribution in [2.45, 2.75) is 6.42 Å². The molecule has 0 aliphatic rings. The second-order valence-electron chi connectivity index (χ2n) is 2.06. The molecule has 11 heavy (non-hydrogen) atoms. The Balaban J connectivity index is 0.000001000. The van der Waals surface area contributed by atoms with Gasteiger partial charge in [0.25, 0.3) is 0 Å². The second kappa shape index (κ2) is 5.13. The molecule has 0 bridgehead atoms. The van der Waals surface area contributed by atoms with Crippen LogP contribution in [0, 0.1) is 0 Å². The van der Waals surface area contributed by atoms with Gasteiger partial charge in [-0.05, 0) is 5.56 Å². The van der Waals surface area contributed by atoms with Crippen LogP contribution in [0.5, 0.6) is 0 Å². The van der Waals surface area contributed by atoms with Crippen molar-refractivity contribution in [2.24, 2.45) is 0 Å². The van der Waals surface area contributed by atoms with Gasteiger partial charge in [0.1, 0.15) is 0 Å². The Morgan fingerprint density at radius 3 is 2.27 bits per heavy atom. The van der Waals surface area contributed by atoms with Crippen LogP contribution in [0.15, 0.2) is 30.3 Å². The third-order valence-electron chi connectivity index (χ3n) is 1.20. The van der Waals surface area contributed by atoms with Gasteiger partial charge in [-0.15, -0.1) is 0 Å². The fraction of sp³-hybridized carbons (Fsp3) is 0.125. The van der Waals surface area contributed by atoms with Crippen molar-refractivity contribution in [3.63, 3.8) is 0 Å².